The summed E-state index contributed by atoms with van der Waals surface area (Å²) in [6.45, 7) is 3.93. The molecular formula is C21H27N3O2. The maximum absolute atomic E-state index is 12.1. The first-order chi connectivity index (χ1) is 12.7. The SMILES string of the molecule is Nc1ccccc1CCC(=O)NCC1CN(Cc2ccccc2)CCO1. The normalized spacial score (nSPS) is 17.8. The number of nitrogens with two attached hydrogens (primary N) is 1. The molecule has 5 heteroatoms. The van der Waals surface area contributed by atoms with Crippen LogP contribution in [0.1, 0.15) is 17.5 Å². The van der Waals surface area contributed by atoms with Crippen molar-refractivity contribution in [2.24, 2.45) is 0 Å². The van der Waals surface area contributed by atoms with Crippen molar-refractivity contribution in [3.05, 3.63) is 65.7 Å². The van der Waals surface area contributed by atoms with Gasteiger partial charge in [0.2, 0.25) is 5.91 Å². The second-order valence-corrected chi connectivity index (χ2v) is 6.72. The van der Waals surface area contributed by atoms with Crippen LogP contribution in [-0.4, -0.2) is 43.2 Å². The molecule has 0 bridgehead atoms. The number of amides is 1. The fourth-order valence-corrected chi connectivity index (χ4v) is 3.22. The molecule has 0 aliphatic carbocycles. The molecule has 1 fully saturated rings. The van der Waals surface area contributed by atoms with E-state index in [0.717, 1.165) is 30.9 Å². The summed E-state index contributed by atoms with van der Waals surface area (Å²) in [5.41, 5.74) is 8.98. The smallest absolute Gasteiger partial charge is 0.220 e. The van der Waals surface area contributed by atoms with Crippen LogP contribution in [-0.2, 0) is 22.5 Å². The van der Waals surface area contributed by atoms with E-state index >= 15 is 0 Å². The summed E-state index contributed by atoms with van der Waals surface area (Å²) in [5, 5.41) is 3.00. The van der Waals surface area contributed by atoms with E-state index in [4.69, 9.17) is 10.5 Å². The van der Waals surface area contributed by atoms with Crippen molar-refractivity contribution in [3.63, 3.8) is 0 Å². The number of benzene rings is 2. The molecule has 5 nitrogen and oxygen atoms in total. The average Bonchev–Trinajstić information content (AvgIpc) is 2.67. The molecule has 1 aliphatic rings. The molecule has 2 aromatic carbocycles. The Hall–Kier alpha value is -2.37. The molecule has 0 spiro atoms. The maximum Gasteiger partial charge on any atom is 0.220 e. The molecule has 1 atom stereocenters. The fourth-order valence-electron chi connectivity index (χ4n) is 3.22. The number of rotatable bonds is 7. The van der Waals surface area contributed by atoms with Crippen LogP contribution in [0, 0.1) is 0 Å². The third-order valence-corrected chi connectivity index (χ3v) is 4.68. The second-order valence-electron chi connectivity index (χ2n) is 6.72. The van der Waals surface area contributed by atoms with Crippen LogP contribution in [0.4, 0.5) is 5.69 Å². The standard InChI is InChI=1S/C21H27N3O2/c22-20-9-5-4-8-18(20)10-11-21(25)23-14-19-16-24(12-13-26-19)15-17-6-2-1-3-7-17/h1-9,19H,10-16,22H2,(H,23,25). The number of hydrogen-bond donors (Lipinski definition) is 2. The first-order valence-electron chi connectivity index (χ1n) is 9.18. The zero-order valence-electron chi connectivity index (χ0n) is 15.1. The Morgan fingerprint density at radius 2 is 1.92 bits per heavy atom. The number of carbonyl (C=O) groups is 1. The highest BCUT2D eigenvalue weighted by molar-refractivity contribution is 5.76. The van der Waals surface area contributed by atoms with Crippen molar-refractivity contribution in [1.82, 2.24) is 10.2 Å². The van der Waals surface area contributed by atoms with Gasteiger partial charge in [0.05, 0.1) is 12.7 Å². The molecule has 1 aliphatic heterocycles. The van der Waals surface area contributed by atoms with Gasteiger partial charge < -0.3 is 15.8 Å². The van der Waals surface area contributed by atoms with Crippen molar-refractivity contribution in [3.8, 4) is 0 Å². The molecular weight excluding hydrogens is 326 g/mol. The highest BCUT2D eigenvalue weighted by atomic mass is 16.5. The van der Waals surface area contributed by atoms with Gasteiger partial charge in [-0.3, -0.25) is 9.69 Å². The number of nitrogen functional groups attached to an aromatic ring is 1. The summed E-state index contributed by atoms with van der Waals surface area (Å²) < 4.78 is 5.80. The summed E-state index contributed by atoms with van der Waals surface area (Å²) in [6.07, 6.45) is 1.14. The van der Waals surface area contributed by atoms with Crippen LogP contribution in [0.15, 0.2) is 54.6 Å². The topological polar surface area (TPSA) is 67.6 Å². The Morgan fingerprint density at radius 1 is 1.15 bits per heavy atom. The lowest BCUT2D eigenvalue weighted by atomic mass is 10.1. The van der Waals surface area contributed by atoms with E-state index in [-0.39, 0.29) is 12.0 Å². The van der Waals surface area contributed by atoms with Crippen LogP contribution < -0.4 is 11.1 Å². The summed E-state index contributed by atoms with van der Waals surface area (Å²) >= 11 is 0. The van der Waals surface area contributed by atoms with E-state index in [1.54, 1.807) is 0 Å². The quantitative estimate of drug-likeness (QED) is 0.749. The van der Waals surface area contributed by atoms with Gasteiger partial charge in [-0.2, -0.15) is 0 Å². The van der Waals surface area contributed by atoms with E-state index in [1.165, 1.54) is 5.56 Å². The van der Waals surface area contributed by atoms with E-state index < -0.39 is 0 Å². The molecule has 1 heterocycles. The predicted molar refractivity (Wildman–Crippen MR) is 104 cm³/mol. The lowest BCUT2D eigenvalue weighted by molar-refractivity contribution is -0.122. The zero-order chi connectivity index (χ0) is 18.2. The summed E-state index contributed by atoms with van der Waals surface area (Å²) in [4.78, 5) is 14.5. The Balaban J connectivity index is 1.39. The van der Waals surface area contributed by atoms with Crippen molar-refractivity contribution in [2.75, 3.05) is 32.0 Å². The zero-order valence-corrected chi connectivity index (χ0v) is 15.1. The number of nitrogens with zero attached hydrogens (tertiary/aromatic N) is 1. The number of morpholine rings is 1. The molecule has 3 N–H and O–H groups in total. The van der Waals surface area contributed by atoms with Crippen LogP contribution in [0.5, 0.6) is 0 Å². The fraction of sp³-hybridized carbons (Fsp3) is 0.381. The minimum Gasteiger partial charge on any atom is -0.399 e. The number of carbonyl (C=O) groups excluding carboxylic acids is 1. The van der Waals surface area contributed by atoms with Crippen LogP contribution >= 0.6 is 0 Å². The molecule has 0 radical (unpaired) electrons. The Kier molecular flexibility index (Phi) is 6.63. The minimum atomic E-state index is 0.0389. The van der Waals surface area contributed by atoms with Crippen LogP contribution in [0.3, 0.4) is 0 Å². The maximum atomic E-state index is 12.1. The van der Waals surface area contributed by atoms with Gasteiger partial charge in [0.1, 0.15) is 0 Å². The first kappa shape index (κ1) is 18.4. The largest absolute Gasteiger partial charge is 0.399 e. The number of anilines is 1. The Morgan fingerprint density at radius 3 is 2.73 bits per heavy atom. The highest BCUT2D eigenvalue weighted by Crippen LogP contribution is 2.13. The van der Waals surface area contributed by atoms with Crippen LogP contribution in [0.2, 0.25) is 0 Å². The van der Waals surface area contributed by atoms with Gasteiger partial charge in [-0.15, -0.1) is 0 Å². The van der Waals surface area contributed by atoms with E-state index in [0.29, 0.717) is 26.0 Å². The van der Waals surface area contributed by atoms with E-state index in [2.05, 4.69) is 34.5 Å². The molecule has 26 heavy (non-hydrogen) atoms. The number of aryl methyl sites for hydroxylation is 1. The highest BCUT2D eigenvalue weighted by Gasteiger charge is 2.21. The summed E-state index contributed by atoms with van der Waals surface area (Å²) in [7, 11) is 0. The van der Waals surface area contributed by atoms with E-state index in [1.807, 2.05) is 30.3 Å². The van der Waals surface area contributed by atoms with Crippen molar-refractivity contribution in [1.29, 1.82) is 0 Å². The Bertz CT molecular complexity index is 705. The molecule has 2 aromatic rings. The van der Waals surface area contributed by atoms with E-state index in [9.17, 15) is 4.79 Å². The molecule has 138 valence electrons. The monoisotopic (exact) mass is 353 g/mol. The van der Waals surface area contributed by atoms with Gasteiger partial charge >= 0.3 is 0 Å². The lowest BCUT2D eigenvalue weighted by Crippen LogP contribution is -2.47. The molecule has 1 saturated heterocycles. The summed E-state index contributed by atoms with van der Waals surface area (Å²) in [5.74, 6) is 0.0389. The van der Waals surface area contributed by atoms with Gasteiger partial charge in [0.25, 0.3) is 0 Å². The molecule has 0 aromatic heterocycles. The number of para-hydroxylation sites is 1. The average molecular weight is 353 g/mol. The summed E-state index contributed by atoms with van der Waals surface area (Å²) in [6, 6.07) is 18.1. The molecule has 3 rings (SSSR count). The first-order valence-corrected chi connectivity index (χ1v) is 9.18. The third kappa shape index (κ3) is 5.58. The molecule has 1 unspecified atom stereocenters. The van der Waals surface area contributed by atoms with Crippen molar-refractivity contribution in [2.45, 2.75) is 25.5 Å². The number of hydrogen-bond acceptors (Lipinski definition) is 4. The van der Waals surface area contributed by atoms with Gasteiger partial charge in [-0.05, 0) is 23.6 Å². The molecule has 0 saturated carbocycles. The van der Waals surface area contributed by atoms with Gasteiger partial charge in [0.15, 0.2) is 0 Å². The van der Waals surface area contributed by atoms with Crippen molar-refractivity contribution < 1.29 is 9.53 Å². The number of ether oxygens (including phenoxy) is 1. The van der Waals surface area contributed by atoms with Gasteiger partial charge in [0, 0.05) is 38.3 Å². The Labute approximate surface area is 155 Å². The predicted octanol–water partition coefficient (Wildman–Crippen LogP) is 2.22. The molecule has 1 amide bonds. The van der Waals surface area contributed by atoms with Gasteiger partial charge in [-0.1, -0.05) is 48.5 Å². The minimum absolute atomic E-state index is 0.0389. The third-order valence-electron chi connectivity index (χ3n) is 4.68. The lowest BCUT2D eigenvalue weighted by Gasteiger charge is -2.33. The van der Waals surface area contributed by atoms with Crippen molar-refractivity contribution >= 4 is 11.6 Å². The number of nitrogens with one attached hydrogen (secondary N) is 1. The van der Waals surface area contributed by atoms with Gasteiger partial charge in [-0.25, -0.2) is 0 Å². The van der Waals surface area contributed by atoms with Crippen LogP contribution in [0.25, 0.3) is 0 Å². The second kappa shape index (κ2) is 9.36.